The van der Waals surface area contributed by atoms with E-state index < -0.39 is 17.3 Å². The Morgan fingerprint density at radius 2 is 1.57 bits per heavy atom. The number of nitrogens with zero attached hydrogens (tertiary/aromatic N) is 1. The predicted octanol–water partition coefficient (Wildman–Crippen LogP) is 6.89. The van der Waals surface area contributed by atoms with Crippen LogP contribution in [0, 0.1) is 30.4 Å². The molecule has 0 unspecified atom stereocenters. The summed E-state index contributed by atoms with van der Waals surface area (Å²) in [6, 6.07) is 16.9. The molecule has 1 aliphatic rings. The first kappa shape index (κ1) is 19.9. The molecule has 0 aliphatic heterocycles. The molecule has 0 heterocycles. The third kappa shape index (κ3) is 4.28. The molecule has 4 rings (SSSR count). The van der Waals surface area contributed by atoms with Crippen LogP contribution in [0.25, 0.3) is 11.6 Å². The zero-order chi connectivity index (χ0) is 21.1. The maximum Gasteiger partial charge on any atom is 0.153 e. The summed E-state index contributed by atoms with van der Waals surface area (Å²) < 4.78 is 27.9. The fourth-order valence-corrected chi connectivity index (χ4v) is 3.59. The van der Waals surface area contributed by atoms with Crippen molar-refractivity contribution in [3.05, 3.63) is 99.6 Å². The minimum absolute atomic E-state index is 0.243. The van der Waals surface area contributed by atoms with Crippen molar-refractivity contribution < 1.29 is 8.78 Å². The number of hydrogen-bond acceptors (Lipinski definition) is 2. The quantitative estimate of drug-likeness (QED) is 0.253. The lowest BCUT2D eigenvalue weighted by Crippen LogP contribution is -1.99. The molecule has 0 saturated heterocycles. The smallest absolute Gasteiger partial charge is 0.153 e. The first-order valence-electron chi connectivity index (χ1n) is 9.53. The average Bonchev–Trinajstić information content (AvgIpc) is 2.75. The minimum Gasteiger partial charge on any atom is -0.204 e. The van der Waals surface area contributed by atoms with E-state index in [0.717, 1.165) is 30.5 Å². The molecular weight excluding hydrogens is 396 g/mol. The highest BCUT2D eigenvalue weighted by molar-refractivity contribution is 7.78. The number of aliphatic imine (C=N–C) groups is 1. The summed E-state index contributed by atoms with van der Waals surface area (Å²) in [5.41, 5.74) is 6.84. The van der Waals surface area contributed by atoms with E-state index in [1.807, 2.05) is 23.4 Å². The Morgan fingerprint density at radius 1 is 0.867 bits per heavy atom. The van der Waals surface area contributed by atoms with Crippen molar-refractivity contribution in [3.63, 3.8) is 0 Å². The van der Waals surface area contributed by atoms with E-state index in [1.165, 1.54) is 27.8 Å². The number of halogens is 2. The van der Waals surface area contributed by atoms with E-state index in [1.54, 1.807) is 0 Å². The zero-order valence-electron chi connectivity index (χ0n) is 16.3. The van der Waals surface area contributed by atoms with Crippen LogP contribution in [-0.4, -0.2) is 5.16 Å². The second kappa shape index (κ2) is 8.55. The molecule has 3 aromatic carbocycles. The summed E-state index contributed by atoms with van der Waals surface area (Å²) >= 11 is 4.41. The first-order chi connectivity index (χ1) is 14.5. The molecular formula is C26H17F2NS. The topological polar surface area (TPSA) is 12.4 Å². The summed E-state index contributed by atoms with van der Waals surface area (Å²) in [5, 5.41) is 1.98. The Morgan fingerprint density at radius 3 is 2.27 bits per heavy atom. The lowest BCUT2D eigenvalue weighted by atomic mass is 9.87. The Labute approximate surface area is 179 Å². The molecule has 0 amide bonds. The molecule has 3 aromatic rings. The number of isothiocyanates is 1. The summed E-state index contributed by atoms with van der Waals surface area (Å²) in [7, 11) is 0. The number of rotatable bonds is 2. The molecule has 0 N–H and O–H groups in total. The van der Waals surface area contributed by atoms with Gasteiger partial charge < -0.3 is 0 Å². The maximum atomic E-state index is 14.0. The normalized spacial score (nSPS) is 12.2. The molecule has 0 atom stereocenters. The Hall–Kier alpha value is -3.38. The van der Waals surface area contributed by atoms with Gasteiger partial charge in [0.15, 0.2) is 11.6 Å². The monoisotopic (exact) mass is 413 g/mol. The fraction of sp³-hybridized carbons (Fsp3) is 0.115. The fourth-order valence-electron chi connectivity index (χ4n) is 3.50. The Balaban J connectivity index is 1.60. The van der Waals surface area contributed by atoms with Crippen LogP contribution in [0.4, 0.5) is 14.5 Å². The van der Waals surface area contributed by atoms with Crippen LogP contribution in [-0.2, 0) is 6.42 Å². The predicted molar refractivity (Wildman–Crippen MR) is 121 cm³/mol. The van der Waals surface area contributed by atoms with Crippen LogP contribution < -0.4 is 0 Å². The van der Waals surface area contributed by atoms with E-state index in [-0.39, 0.29) is 5.56 Å². The zero-order valence-corrected chi connectivity index (χ0v) is 17.1. The van der Waals surface area contributed by atoms with Gasteiger partial charge in [0, 0.05) is 11.1 Å². The number of hydrogen-bond donors (Lipinski definition) is 0. The number of thiocarbonyl (C=S) groups is 1. The van der Waals surface area contributed by atoms with Gasteiger partial charge in [-0.3, -0.25) is 0 Å². The van der Waals surface area contributed by atoms with E-state index >= 15 is 0 Å². The van der Waals surface area contributed by atoms with E-state index in [4.69, 9.17) is 0 Å². The van der Waals surface area contributed by atoms with Gasteiger partial charge in [0.1, 0.15) is 5.69 Å². The number of benzene rings is 3. The molecule has 1 nitrogen and oxygen atoms in total. The van der Waals surface area contributed by atoms with Crippen molar-refractivity contribution >= 4 is 34.7 Å². The summed E-state index contributed by atoms with van der Waals surface area (Å²) in [4.78, 5) is 3.41. The second-order valence-corrected chi connectivity index (χ2v) is 7.37. The van der Waals surface area contributed by atoms with Crippen molar-refractivity contribution in [2.45, 2.75) is 19.8 Å². The van der Waals surface area contributed by atoms with E-state index in [0.29, 0.717) is 0 Å². The largest absolute Gasteiger partial charge is 0.204 e. The molecule has 0 radical (unpaired) electrons. The molecule has 30 heavy (non-hydrogen) atoms. The highest BCUT2D eigenvalue weighted by Crippen LogP contribution is 2.31. The number of aryl methyl sites for hydroxylation is 2. The van der Waals surface area contributed by atoms with Crippen molar-refractivity contribution in [3.8, 4) is 11.8 Å². The van der Waals surface area contributed by atoms with Gasteiger partial charge in [-0.25, -0.2) is 8.78 Å². The lowest BCUT2D eigenvalue weighted by molar-refractivity contribution is 0.587. The van der Waals surface area contributed by atoms with Gasteiger partial charge in [0.2, 0.25) is 0 Å². The number of allylic oxidation sites excluding steroid dienone is 1. The minimum atomic E-state index is -0.809. The van der Waals surface area contributed by atoms with Crippen LogP contribution in [0.5, 0.6) is 0 Å². The molecule has 0 fully saturated rings. The maximum absolute atomic E-state index is 14.0. The van der Waals surface area contributed by atoms with Crippen LogP contribution in [0.2, 0.25) is 0 Å². The molecule has 0 spiro atoms. The van der Waals surface area contributed by atoms with Gasteiger partial charge in [0.05, 0.1) is 5.16 Å². The Bertz CT molecular complexity index is 1250. The van der Waals surface area contributed by atoms with Crippen LogP contribution in [0.3, 0.4) is 0 Å². The summed E-state index contributed by atoms with van der Waals surface area (Å²) in [5.74, 6) is 4.20. The third-order valence-electron chi connectivity index (χ3n) is 5.08. The number of fused-ring (bicyclic) bond motifs is 1. The van der Waals surface area contributed by atoms with Crippen molar-refractivity contribution in [2.24, 2.45) is 4.99 Å². The van der Waals surface area contributed by atoms with Crippen molar-refractivity contribution in [1.29, 1.82) is 0 Å². The summed E-state index contributed by atoms with van der Waals surface area (Å²) in [6.45, 7) is 2.08. The van der Waals surface area contributed by atoms with Crippen LogP contribution in [0.15, 0.2) is 59.6 Å². The van der Waals surface area contributed by atoms with Gasteiger partial charge >= 0.3 is 0 Å². The summed E-state index contributed by atoms with van der Waals surface area (Å²) in [6.07, 6.45) is 4.12. The van der Waals surface area contributed by atoms with E-state index in [2.05, 4.69) is 66.3 Å². The third-order valence-corrected chi connectivity index (χ3v) is 5.18. The highest BCUT2D eigenvalue weighted by atomic mass is 32.1. The average molecular weight is 413 g/mol. The first-order valence-corrected chi connectivity index (χ1v) is 9.94. The SMILES string of the molecule is Cc1ccc(C2=Cc3ccc(C#Cc4cc(F)c(N=C=S)c(F)c4)cc3CC2)cc1. The molecule has 0 aromatic heterocycles. The van der Waals surface area contributed by atoms with Crippen LogP contribution >= 0.6 is 12.2 Å². The van der Waals surface area contributed by atoms with Gasteiger partial charge in [-0.2, -0.15) is 4.99 Å². The van der Waals surface area contributed by atoms with E-state index in [9.17, 15) is 8.78 Å². The second-order valence-electron chi connectivity index (χ2n) is 7.19. The standard InChI is InChI=1S/C26H17F2NS/c1-17-2-7-20(8-3-17)22-11-10-21-12-18(6-9-23(21)15-22)4-5-19-13-24(27)26(29-16-30)25(28)14-19/h2-3,6-9,12-15H,10-11H2,1H3. The molecule has 146 valence electrons. The molecule has 1 aliphatic carbocycles. The van der Waals surface area contributed by atoms with Gasteiger partial charge in [-0.05, 0) is 78.5 Å². The molecule has 4 heteroatoms. The molecule has 0 saturated carbocycles. The van der Waals surface area contributed by atoms with Crippen LogP contribution in [0.1, 0.15) is 39.8 Å². The van der Waals surface area contributed by atoms with Crippen molar-refractivity contribution in [2.75, 3.05) is 0 Å². The van der Waals surface area contributed by atoms with Crippen molar-refractivity contribution in [1.82, 2.24) is 0 Å². The van der Waals surface area contributed by atoms with Gasteiger partial charge in [0.25, 0.3) is 0 Å². The lowest BCUT2D eigenvalue weighted by Gasteiger charge is -2.17. The van der Waals surface area contributed by atoms with Gasteiger partial charge in [-0.15, -0.1) is 0 Å². The Kier molecular flexibility index (Phi) is 5.68. The molecule has 0 bridgehead atoms. The highest BCUT2D eigenvalue weighted by Gasteiger charge is 2.12. The van der Waals surface area contributed by atoms with Gasteiger partial charge in [-0.1, -0.05) is 53.8 Å².